The van der Waals surface area contributed by atoms with E-state index in [1.165, 1.54) is 38.9 Å². The summed E-state index contributed by atoms with van der Waals surface area (Å²) in [5, 5.41) is 0. The van der Waals surface area contributed by atoms with E-state index in [1.54, 1.807) is 0 Å². The molecule has 2 aromatic rings. The Kier molecular flexibility index (Phi) is 4.60. The van der Waals surface area contributed by atoms with Crippen LogP contribution in [0.1, 0.15) is 50.5 Å². The number of nitrogens with two attached hydrogens (primary N) is 1. The summed E-state index contributed by atoms with van der Waals surface area (Å²) in [7, 11) is 0. The van der Waals surface area contributed by atoms with E-state index in [9.17, 15) is 0 Å². The fraction of sp³-hybridized carbons (Fsp3) is 0.368. The van der Waals surface area contributed by atoms with Crippen LogP contribution in [-0.4, -0.2) is 0 Å². The van der Waals surface area contributed by atoms with Crippen molar-refractivity contribution in [1.29, 1.82) is 0 Å². The molecule has 0 heterocycles. The summed E-state index contributed by atoms with van der Waals surface area (Å²) in [6.07, 6.45) is 0. The van der Waals surface area contributed by atoms with Crippen molar-refractivity contribution in [3.8, 4) is 0 Å². The lowest BCUT2D eigenvalue weighted by Crippen LogP contribution is -2.17. The molecule has 112 valence electrons. The number of benzene rings is 2. The Balaban J connectivity index is 2.66. The van der Waals surface area contributed by atoms with Crippen LogP contribution in [0.4, 0.5) is 0 Å². The maximum Gasteiger partial charge on any atom is 0.0557 e. The smallest absolute Gasteiger partial charge is 0.0557 e. The van der Waals surface area contributed by atoms with E-state index in [0.29, 0.717) is 0 Å². The molecule has 0 aliphatic heterocycles. The Morgan fingerprint density at radius 1 is 0.762 bits per heavy atom. The summed E-state index contributed by atoms with van der Waals surface area (Å²) in [5.41, 5.74) is 17.0. The van der Waals surface area contributed by atoms with Gasteiger partial charge in [0.1, 0.15) is 0 Å². The van der Waals surface area contributed by atoms with Crippen molar-refractivity contribution in [3.05, 3.63) is 67.2 Å². The van der Waals surface area contributed by atoms with Crippen molar-refractivity contribution in [2.24, 2.45) is 5.73 Å². The largest absolute Gasteiger partial charge is 0.320 e. The van der Waals surface area contributed by atoms with Crippen LogP contribution in [0.2, 0.25) is 0 Å². The summed E-state index contributed by atoms with van der Waals surface area (Å²) in [4.78, 5) is 0. The maximum absolute atomic E-state index is 6.62. The molecule has 0 amide bonds. The van der Waals surface area contributed by atoms with Crippen LogP contribution in [0, 0.1) is 41.5 Å². The third-order valence-corrected chi connectivity index (χ3v) is 5.25. The van der Waals surface area contributed by atoms with Crippen LogP contribution < -0.4 is 5.73 Å². The minimum absolute atomic E-state index is 0.0841. The van der Waals surface area contributed by atoms with E-state index < -0.39 is 0 Å². The molecule has 0 aliphatic rings. The lowest BCUT2D eigenvalue weighted by Gasteiger charge is -2.24. The van der Waals surface area contributed by atoms with Gasteiger partial charge in [0.2, 0.25) is 0 Å². The highest BCUT2D eigenvalue weighted by molar-refractivity contribution is 9.10. The van der Waals surface area contributed by atoms with Crippen LogP contribution in [-0.2, 0) is 0 Å². The Bertz CT molecular complexity index is 652. The first-order valence-electron chi connectivity index (χ1n) is 7.33. The maximum atomic E-state index is 6.62. The molecule has 1 atom stereocenters. The van der Waals surface area contributed by atoms with Gasteiger partial charge >= 0.3 is 0 Å². The van der Waals surface area contributed by atoms with Crippen molar-refractivity contribution in [3.63, 3.8) is 0 Å². The zero-order valence-electron chi connectivity index (χ0n) is 13.8. The van der Waals surface area contributed by atoms with Gasteiger partial charge in [-0.25, -0.2) is 0 Å². The SMILES string of the molecule is Cc1cc(Br)cc(C(N)c2c(C)c(C)c(C)c(C)c2C)c1. The average Bonchev–Trinajstić information content (AvgIpc) is 2.42. The molecule has 0 radical (unpaired) electrons. The quantitative estimate of drug-likeness (QED) is 0.780. The van der Waals surface area contributed by atoms with E-state index in [0.717, 1.165) is 10.0 Å². The van der Waals surface area contributed by atoms with Crippen LogP contribution >= 0.6 is 15.9 Å². The van der Waals surface area contributed by atoms with Gasteiger partial charge < -0.3 is 5.73 Å². The first-order valence-corrected chi connectivity index (χ1v) is 8.12. The van der Waals surface area contributed by atoms with Crippen LogP contribution in [0.3, 0.4) is 0 Å². The molecule has 2 aromatic carbocycles. The zero-order chi connectivity index (χ0) is 15.9. The Hall–Kier alpha value is -1.12. The molecule has 0 saturated carbocycles. The lowest BCUT2D eigenvalue weighted by molar-refractivity contribution is 0.841. The van der Waals surface area contributed by atoms with Gasteiger partial charge in [0, 0.05) is 4.47 Å². The standard InChI is InChI=1S/C19H24BrN/c1-10-7-16(9-17(20)8-10)19(21)18-14(5)12(3)11(2)13(4)15(18)6/h7-9,19H,21H2,1-6H3. The molecule has 0 bridgehead atoms. The van der Waals surface area contributed by atoms with E-state index in [1.807, 2.05) is 0 Å². The van der Waals surface area contributed by atoms with E-state index >= 15 is 0 Å². The molecule has 0 aromatic heterocycles. The molecule has 0 spiro atoms. The van der Waals surface area contributed by atoms with Gasteiger partial charge in [0.25, 0.3) is 0 Å². The van der Waals surface area contributed by atoms with Crippen molar-refractivity contribution in [1.82, 2.24) is 0 Å². The monoisotopic (exact) mass is 345 g/mol. The fourth-order valence-electron chi connectivity index (χ4n) is 3.11. The number of rotatable bonds is 2. The van der Waals surface area contributed by atoms with Crippen molar-refractivity contribution < 1.29 is 0 Å². The topological polar surface area (TPSA) is 26.0 Å². The second-order valence-electron chi connectivity index (χ2n) is 6.08. The fourth-order valence-corrected chi connectivity index (χ4v) is 3.73. The van der Waals surface area contributed by atoms with E-state index in [-0.39, 0.29) is 6.04 Å². The molecule has 1 unspecified atom stereocenters. The highest BCUT2D eigenvalue weighted by atomic mass is 79.9. The van der Waals surface area contributed by atoms with Gasteiger partial charge in [-0.2, -0.15) is 0 Å². The number of aryl methyl sites for hydroxylation is 1. The summed E-state index contributed by atoms with van der Waals surface area (Å²) in [6.45, 7) is 13.1. The predicted molar refractivity (Wildman–Crippen MR) is 95.0 cm³/mol. The second-order valence-corrected chi connectivity index (χ2v) is 6.99. The van der Waals surface area contributed by atoms with Gasteiger partial charge in [-0.1, -0.05) is 22.0 Å². The lowest BCUT2D eigenvalue weighted by atomic mass is 9.84. The first kappa shape index (κ1) is 16.3. The molecule has 2 heteroatoms. The van der Waals surface area contributed by atoms with Gasteiger partial charge in [-0.3, -0.25) is 0 Å². The number of halogens is 1. The molecule has 1 nitrogen and oxygen atoms in total. The Morgan fingerprint density at radius 2 is 1.24 bits per heavy atom. The van der Waals surface area contributed by atoms with Crippen molar-refractivity contribution in [2.75, 3.05) is 0 Å². The molecule has 2 rings (SSSR count). The Morgan fingerprint density at radius 3 is 1.71 bits per heavy atom. The minimum Gasteiger partial charge on any atom is -0.320 e. The third-order valence-electron chi connectivity index (χ3n) is 4.79. The van der Waals surface area contributed by atoms with Gasteiger partial charge in [0.05, 0.1) is 6.04 Å². The molecule has 0 aliphatic carbocycles. The molecular weight excluding hydrogens is 322 g/mol. The van der Waals surface area contributed by atoms with Gasteiger partial charge in [-0.05, 0) is 98.2 Å². The summed E-state index contributed by atoms with van der Waals surface area (Å²) >= 11 is 3.58. The van der Waals surface area contributed by atoms with E-state index in [2.05, 4.69) is 75.7 Å². The average molecular weight is 346 g/mol. The normalized spacial score (nSPS) is 12.6. The molecule has 0 saturated heterocycles. The summed E-state index contributed by atoms with van der Waals surface area (Å²) in [6, 6.07) is 6.33. The van der Waals surface area contributed by atoms with Crippen LogP contribution in [0.15, 0.2) is 22.7 Å². The highest BCUT2D eigenvalue weighted by Crippen LogP contribution is 2.33. The second kappa shape index (κ2) is 5.94. The van der Waals surface area contributed by atoms with Crippen molar-refractivity contribution in [2.45, 2.75) is 47.6 Å². The summed E-state index contributed by atoms with van der Waals surface area (Å²) in [5.74, 6) is 0. The van der Waals surface area contributed by atoms with Crippen LogP contribution in [0.25, 0.3) is 0 Å². The molecular formula is C19H24BrN. The molecule has 21 heavy (non-hydrogen) atoms. The van der Waals surface area contributed by atoms with Gasteiger partial charge in [-0.15, -0.1) is 0 Å². The Labute approximate surface area is 136 Å². The minimum atomic E-state index is -0.0841. The summed E-state index contributed by atoms with van der Waals surface area (Å²) < 4.78 is 1.09. The highest BCUT2D eigenvalue weighted by Gasteiger charge is 2.19. The molecule has 2 N–H and O–H groups in total. The predicted octanol–water partition coefficient (Wildman–Crippen LogP) is 5.35. The van der Waals surface area contributed by atoms with Crippen LogP contribution in [0.5, 0.6) is 0 Å². The van der Waals surface area contributed by atoms with E-state index in [4.69, 9.17) is 5.73 Å². The third kappa shape index (κ3) is 2.93. The first-order chi connectivity index (χ1) is 9.73. The number of hydrogen-bond donors (Lipinski definition) is 1. The number of hydrogen-bond acceptors (Lipinski definition) is 1. The molecule has 0 fully saturated rings. The van der Waals surface area contributed by atoms with Gasteiger partial charge in [0.15, 0.2) is 0 Å². The van der Waals surface area contributed by atoms with Crippen molar-refractivity contribution >= 4 is 15.9 Å². The zero-order valence-corrected chi connectivity index (χ0v) is 15.4.